The summed E-state index contributed by atoms with van der Waals surface area (Å²) in [6.07, 6.45) is 1.57. The fourth-order valence-corrected chi connectivity index (χ4v) is 2.02. The van der Waals surface area contributed by atoms with E-state index in [4.69, 9.17) is 15.0 Å². The topological polar surface area (TPSA) is 91.2 Å². The van der Waals surface area contributed by atoms with Gasteiger partial charge in [0.25, 0.3) is 0 Å². The third-order valence-corrected chi connectivity index (χ3v) is 2.91. The maximum Gasteiger partial charge on any atom is 0.340 e. The van der Waals surface area contributed by atoms with Gasteiger partial charge in [0.1, 0.15) is 11.5 Å². The number of esters is 1. The van der Waals surface area contributed by atoms with Gasteiger partial charge in [-0.05, 0) is 19.9 Å². The third-order valence-electron chi connectivity index (χ3n) is 2.23. The molecule has 0 atom stereocenters. The van der Waals surface area contributed by atoms with Crippen LogP contribution in [0.15, 0.2) is 16.0 Å². The van der Waals surface area contributed by atoms with Gasteiger partial charge >= 0.3 is 5.97 Å². The fourth-order valence-electron chi connectivity index (χ4n) is 1.46. The van der Waals surface area contributed by atoms with Crippen molar-refractivity contribution in [3.63, 3.8) is 0 Å². The first kappa shape index (κ1) is 13.3. The highest BCUT2D eigenvalue weighted by molar-refractivity contribution is 7.13. The number of aromatic nitrogens is 2. The Bertz CT molecular complexity index is 615. The van der Waals surface area contributed by atoms with Gasteiger partial charge in [0.05, 0.1) is 17.9 Å². The maximum absolute atomic E-state index is 11.9. The van der Waals surface area contributed by atoms with Crippen molar-refractivity contribution in [2.24, 2.45) is 0 Å². The molecule has 6 nitrogen and oxygen atoms in total. The Morgan fingerprint density at radius 1 is 1.63 bits per heavy atom. The molecule has 2 aromatic rings. The van der Waals surface area contributed by atoms with Crippen LogP contribution < -0.4 is 5.73 Å². The molecule has 19 heavy (non-hydrogen) atoms. The molecule has 0 bridgehead atoms. The molecule has 0 saturated heterocycles. The number of aryl methyl sites for hydroxylation is 1. The number of ether oxygens (including phenoxy) is 1. The zero-order chi connectivity index (χ0) is 13.8. The number of hydrogen-bond acceptors (Lipinski definition) is 7. The molecule has 0 aliphatic carbocycles. The van der Waals surface area contributed by atoms with E-state index in [1.54, 1.807) is 31.4 Å². The second kappa shape index (κ2) is 5.66. The van der Waals surface area contributed by atoms with E-state index in [1.165, 1.54) is 11.3 Å². The quantitative estimate of drug-likeness (QED) is 0.681. The summed E-state index contributed by atoms with van der Waals surface area (Å²) in [5.41, 5.74) is 6.90. The van der Waals surface area contributed by atoms with Crippen LogP contribution in [0.25, 0.3) is 11.6 Å². The molecule has 0 unspecified atom stereocenters. The summed E-state index contributed by atoms with van der Waals surface area (Å²) in [6.45, 7) is 3.80. The second-order valence-electron chi connectivity index (χ2n) is 3.71. The molecule has 100 valence electrons. The van der Waals surface area contributed by atoms with Crippen LogP contribution in [-0.2, 0) is 9.53 Å². The Kier molecular flexibility index (Phi) is 3.96. The lowest BCUT2D eigenvalue weighted by Gasteiger charge is -2.03. The lowest BCUT2D eigenvalue weighted by molar-refractivity contribution is -0.136. The smallest absolute Gasteiger partial charge is 0.340 e. The number of hydrogen-bond donors (Lipinski definition) is 1. The lowest BCUT2D eigenvalue weighted by atomic mass is 10.1. The van der Waals surface area contributed by atoms with Crippen molar-refractivity contribution in [3.05, 3.63) is 28.6 Å². The summed E-state index contributed by atoms with van der Waals surface area (Å²) >= 11 is 1.26. The molecule has 0 aliphatic rings. The van der Waals surface area contributed by atoms with E-state index < -0.39 is 5.97 Å². The largest absolute Gasteiger partial charge is 0.462 e. The Morgan fingerprint density at radius 2 is 2.42 bits per heavy atom. The number of nitrogens with two attached hydrogens (primary N) is 1. The number of nitrogen functional groups attached to an aromatic ring is 1. The predicted octanol–water partition coefficient (Wildman–Crippen LogP) is 2.13. The van der Waals surface area contributed by atoms with E-state index in [-0.39, 0.29) is 6.61 Å². The van der Waals surface area contributed by atoms with Crippen molar-refractivity contribution in [2.75, 3.05) is 12.3 Å². The highest BCUT2D eigenvalue weighted by Crippen LogP contribution is 2.23. The van der Waals surface area contributed by atoms with Crippen LogP contribution in [0.4, 0.5) is 5.13 Å². The van der Waals surface area contributed by atoms with Gasteiger partial charge in [-0.15, -0.1) is 11.3 Å². The minimum atomic E-state index is -0.464. The van der Waals surface area contributed by atoms with Gasteiger partial charge in [-0.25, -0.2) is 9.78 Å². The van der Waals surface area contributed by atoms with Crippen LogP contribution in [0, 0.1) is 6.92 Å². The van der Waals surface area contributed by atoms with Crippen LogP contribution in [0.5, 0.6) is 0 Å². The molecular weight excluding hydrogens is 266 g/mol. The van der Waals surface area contributed by atoms with Crippen molar-refractivity contribution in [2.45, 2.75) is 13.8 Å². The lowest BCUT2D eigenvalue weighted by Crippen LogP contribution is -2.07. The minimum absolute atomic E-state index is 0.285. The average Bonchev–Trinajstić information content (AvgIpc) is 2.95. The van der Waals surface area contributed by atoms with E-state index in [0.717, 1.165) is 0 Å². The SMILES string of the molecule is CCOC(=O)/C(=C\c1cc(C)on1)c1csc(N)n1. The first-order valence-corrected chi connectivity index (χ1v) is 6.51. The average molecular weight is 279 g/mol. The molecule has 0 radical (unpaired) electrons. The predicted molar refractivity (Wildman–Crippen MR) is 72.3 cm³/mol. The molecule has 0 aliphatic heterocycles. The second-order valence-corrected chi connectivity index (χ2v) is 4.60. The molecule has 2 rings (SSSR count). The molecule has 7 heteroatoms. The van der Waals surface area contributed by atoms with E-state index in [9.17, 15) is 4.79 Å². The maximum atomic E-state index is 11.9. The van der Waals surface area contributed by atoms with Gasteiger partial charge < -0.3 is 15.0 Å². The summed E-state index contributed by atoms with van der Waals surface area (Å²) in [4.78, 5) is 16.0. The standard InChI is InChI=1S/C12H13N3O3S/c1-3-17-11(16)9(10-6-19-12(13)14-10)5-8-4-7(2)18-15-8/h4-6H,3H2,1-2H3,(H2,13,14)/b9-5-. The van der Waals surface area contributed by atoms with Crippen molar-refractivity contribution < 1.29 is 14.1 Å². The first-order valence-electron chi connectivity index (χ1n) is 5.63. The number of carbonyl (C=O) groups excluding carboxylic acids is 1. The molecule has 0 aromatic carbocycles. The van der Waals surface area contributed by atoms with Gasteiger partial charge in [0.15, 0.2) is 5.13 Å². The molecule has 0 spiro atoms. The Labute approximate surface area is 113 Å². The number of rotatable bonds is 4. The molecule has 0 amide bonds. The van der Waals surface area contributed by atoms with Crippen LogP contribution in [0.1, 0.15) is 24.1 Å². The van der Waals surface area contributed by atoms with E-state index in [2.05, 4.69) is 10.1 Å². The van der Waals surface area contributed by atoms with Crippen molar-refractivity contribution in [1.29, 1.82) is 0 Å². The molecule has 2 N–H and O–H groups in total. The summed E-state index contributed by atoms with van der Waals surface area (Å²) in [5, 5.41) is 5.91. The first-order chi connectivity index (χ1) is 9.10. The molecule has 2 heterocycles. The summed E-state index contributed by atoms with van der Waals surface area (Å²) in [6, 6.07) is 1.72. The molecule has 0 saturated carbocycles. The van der Waals surface area contributed by atoms with Gasteiger partial charge in [-0.3, -0.25) is 0 Å². The van der Waals surface area contributed by atoms with Crippen LogP contribution in [-0.4, -0.2) is 22.7 Å². The molecule has 2 aromatic heterocycles. The fraction of sp³-hybridized carbons (Fsp3) is 0.250. The van der Waals surface area contributed by atoms with Crippen LogP contribution in [0.2, 0.25) is 0 Å². The number of carbonyl (C=O) groups is 1. The zero-order valence-electron chi connectivity index (χ0n) is 10.5. The third kappa shape index (κ3) is 3.19. The zero-order valence-corrected chi connectivity index (χ0v) is 11.4. The highest BCUT2D eigenvalue weighted by atomic mass is 32.1. The van der Waals surface area contributed by atoms with E-state index >= 15 is 0 Å². The van der Waals surface area contributed by atoms with Crippen LogP contribution in [0.3, 0.4) is 0 Å². The van der Waals surface area contributed by atoms with Crippen molar-refractivity contribution >= 4 is 34.1 Å². The summed E-state index contributed by atoms with van der Waals surface area (Å²) in [7, 11) is 0. The van der Waals surface area contributed by atoms with E-state index in [1.807, 2.05) is 0 Å². The highest BCUT2D eigenvalue weighted by Gasteiger charge is 2.17. The summed E-state index contributed by atoms with van der Waals surface area (Å²) < 4.78 is 9.96. The normalized spacial score (nSPS) is 11.6. The monoisotopic (exact) mass is 279 g/mol. The molecular formula is C12H13N3O3S. The van der Waals surface area contributed by atoms with Gasteiger partial charge in [0, 0.05) is 11.4 Å². The number of nitrogens with zero attached hydrogens (tertiary/aromatic N) is 2. The number of anilines is 1. The van der Waals surface area contributed by atoms with Gasteiger partial charge in [-0.1, -0.05) is 5.16 Å². The van der Waals surface area contributed by atoms with Gasteiger partial charge in [0.2, 0.25) is 0 Å². The minimum Gasteiger partial charge on any atom is -0.462 e. The summed E-state index contributed by atoms with van der Waals surface area (Å²) in [5.74, 6) is 0.195. The van der Waals surface area contributed by atoms with Crippen molar-refractivity contribution in [1.82, 2.24) is 10.1 Å². The van der Waals surface area contributed by atoms with Gasteiger partial charge in [-0.2, -0.15) is 0 Å². The Balaban J connectivity index is 2.39. The van der Waals surface area contributed by atoms with Crippen molar-refractivity contribution in [3.8, 4) is 0 Å². The molecule has 0 fully saturated rings. The number of thiazole rings is 1. The van der Waals surface area contributed by atoms with Crippen LogP contribution >= 0.6 is 11.3 Å². The Hall–Kier alpha value is -2.15. The van der Waals surface area contributed by atoms with E-state index in [0.29, 0.717) is 27.9 Å². The Morgan fingerprint density at radius 3 is 2.95 bits per heavy atom.